The van der Waals surface area contributed by atoms with E-state index in [0.29, 0.717) is 5.82 Å². The molecule has 1 heterocycles. The lowest BCUT2D eigenvalue weighted by Crippen LogP contribution is -2.11. The van der Waals surface area contributed by atoms with Crippen molar-refractivity contribution in [1.82, 2.24) is 9.97 Å². The summed E-state index contributed by atoms with van der Waals surface area (Å²) in [6.45, 7) is 4.18. The number of hydrogen-bond acceptors (Lipinski definition) is 4. The van der Waals surface area contributed by atoms with Crippen molar-refractivity contribution >= 4 is 5.82 Å². The fraction of sp³-hybridized carbons (Fsp3) is 0.556. The quantitative estimate of drug-likeness (QED) is 0.541. The summed E-state index contributed by atoms with van der Waals surface area (Å²) in [7, 11) is 0. The van der Waals surface area contributed by atoms with Crippen LogP contribution in [0.3, 0.4) is 0 Å². The second-order valence-corrected chi connectivity index (χ2v) is 2.91. The van der Waals surface area contributed by atoms with Gasteiger partial charge in [-0.3, -0.25) is 0 Å². The lowest BCUT2D eigenvalue weighted by molar-refractivity contribution is 0.814. The van der Waals surface area contributed by atoms with Gasteiger partial charge >= 0.3 is 0 Å². The molecule has 4 nitrogen and oxygen atoms in total. The Morgan fingerprint density at radius 2 is 2.15 bits per heavy atom. The van der Waals surface area contributed by atoms with Gasteiger partial charge in [-0.2, -0.15) is 0 Å². The molecule has 1 aromatic rings. The fourth-order valence-corrected chi connectivity index (χ4v) is 1.14. The average Bonchev–Trinajstić information content (AvgIpc) is 2.17. The number of hydrazine groups is 1. The topological polar surface area (TPSA) is 63.8 Å². The summed E-state index contributed by atoms with van der Waals surface area (Å²) in [5.74, 6) is 6.87. The van der Waals surface area contributed by atoms with Crippen LogP contribution in [-0.2, 0) is 12.8 Å². The molecule has 0 saturated heterocycles. The van der Waals surface area contributed by atoms with Crippen LogP contribution in [0.5, 0.6) is 0 Å². The van der Waals surface area contributed by atoms with Crippen molar-refractivity contribution in [3.05, 3.63) is 17.6 Å². The normalized spacial score (nSPS) is 10.1. The highest BCUT2D eigenvalue weighted by Crippen LogP contribution is 2.07. The second kappa shape index (κ2) is 4.77. The van der Waals surface area contributed by atoms with E-state index in [4.69, 9.17) is 5.84 Å². The number of hydrogen-bond donors (Lipinski definition) is 2. The third-order valence-corrected chi connectivity index (χ3v) is 1.81. The molecule has 0 spiro atoms. The first-order valence-corrected chi connectivity index (χ1v) is 4.63. The smallest absolute Gasteiger partial charge is 0.143 e. The molecule has 0 aromatic carbocycles. The summed E-state index contributed by atoms with van der Waals surface area (Å²) in [4.78, 5) is 8.63. The standard InChI is InChI=1S/C9H16N4/c1-3-5-8-11-7(4-2)6-9(12-8)13-10/h6H,3-5,10H2,1-2H3,(H,11,12,13). The van der Waals surface area contributed by atoms with Crippen LogP contribution in [0.15, 0.2) is 6.07 Å². The van der Waals surface area contributed by atoms with Crippen LogP contribution >= 0.6 is 0 Å². The van der Waals surface area contributed by atoms with Gasteiger partial charge in [-0.15, -0.1) is 0 Å². The second-order valence-electron chi connectivity index (χ2n) is 2.91. The third kappa shape index (κ3) is 2.66. The Morgan fingerprint density at radius 3 is 2.69 bits per heavy atom. The van der Waals surface area contributed by atoms with E-state index in [1.165, 1.54) is 0 Å². The van der Waals surface area contributed by atoms with E-state index in [2.05, 4.69) is 29.2 Å². The van der Waals surface area contributed by atoms with Gasteiger partial charge in [0.1, 0.15) is 11.6 Å². The summed E-state index contributed by atoms with van der Waals surface area (Å²) in [5, 5.41) is 0. The van der Waals surface area contributed by atoms with Gasteiger partial charge in [0.15, 0.2) is 0 Å². The zero-order valence-electron chi connectivity index (χ0n) is 8.17. The van der Waals surface area contributed by atoms with Gasteiger partial charge in [-0.1, -0.05) is 13.8 Å². The van der Waals surface area contributed by atoms with Crippen molar-refractivity contribution < 1.29 is 0 Å². The molecule has 0 unspecified atom stereocenters. The van der Waals surface area contributed by atoms with Crippen molar-refractivity contribution in [2.45, 2.75) is 33.1 Å². The zero-order valence-corrected chi connectivity index (χ0v) is 8.17. The Hall–Kier alpha value is -1.16. The maximum atomic E-state index is 5.30. The maximum absolute atomic E-state index is 5.30. The van der Waals surface area contributed by atoms with E-state index in [1.807, 2.05) is 6.07 Å². The molecule has 0 aliphatic rings. The zero-order chi connectivity index (χ0) is 9.68. The molecule has 1 aromatic heterocycles. The first kappa shape index (κ1) is 9.92. The van der Waals surface area contributed by atoms with E-state index in [1.54, 1.807) is 0 Å². The van der Waals surface area contributed by atoms with Crippen molar-refractivity contribution in [3.8, 4) is 0 Å². The molecular weight excluding hydrogens is 164 g/mol. The first-order chi connectivity index (χ1) is 6.30. The van der Waals surface area contributed by atoms with E-state index in [-0.39, 0.29) is 0 Å². The Bertz CT molecular complexity index is 250. The molecule has 0 bridgehead atoms. The summed E-state index contributed by atoms with van der Waals surface area (Å²) in [6, 6.07) is 1.87. The molecular formula is C9H16N4. The first-order valence-electron chi connectivity index (χ1n) is 4.63. The van der Waals surface area contributed by atoms with Gasteiger partial charge in [0, 0.05) is 18.2 Å². The lowest BCUT2D eigenvalue weighted by Gasteiger charge is -2.04. The number of aryl methyl sites for hydroxylation is 2. The Balaban J connectivity index is 2.93. The summed E-state index contributed by atoms with van der Waals surface area (Å²) < 4.78 is 0. The maximum Gasteiger partial charge on any atom is 0.143 e. The minimum atomic E-state index is 0.704. The van der Waals surface area contributed by atoms with Crippen LogP contribution in [0.2, 0.25) is 0 Å². The number of nitrogens with zero attached hydrogens (tertiary/aromatic N) is 2. The number of anilines is 1. The monoisotopic (exact) mass is 180 g/mol. The molecule has 0 aliphatic carbocycles. The van der Waals surface area contributed by atoms with Crippen molar-refractivity contribution in [2.24, 2.45) is 5.84 Å². The molecule has 72 valence electrons. The van der Waals surface area contributed by atoms with Crippen LogP contribution < -0.4 is 11.3 Å². The van der Waals surface area contributed by atoms with Crippen molar-refractivity contribution in [2.75, 3.05) is 5.43 Å². The van der Waals surface area contributed by atoms with Crippen molar-refractivity contribution in [1.29, 1.82) is 0 Å². The van der Waals surface area contributed by atoms with E-state index in [0.717, 1.165) is 30.8 Å². The highest BCUT2D eigenvalue weighted by atomic mass is 15.3. The number of nitrogens with one attached hydrogen (secondary N) is 1. The van der Waals surface area contributed by atoms with Crippen LogP contribution in [0.25, 0.3) is 0 Å². The van der Waals surface area contributed by atoms with Gasteiger partial charge < -0.3 is 5.43 Å². The molecule has 0 fully saturated rings. The fourth-order valence-electron chi connectivity index (χ4n) is 1.14. The molecule has 0 radical (unpaired) electrons. The largest absolute Gasteiger partial charge is 0.308 e. The molecule has 0 amide bonds. The van der Waals surface area contributed by atoms with Crippen LogP contribution in [0.1, 0.15) is 31.8 Å². The number of aromatic nitrogens is 2. The lowest BCUT2D eigenvalue weighted by atomic mass is 10.2. The van der Waals surface area contributed by atoms with E-state index in [9.17, 15) is 0 Å². The van der Waals surface area contributed by atoms with Crippen LogP contribution in [0, 0.1) is 0 Å². The molecule has 1 rings (SSSR count). The summed E-state index contributed by atoms with van der Waals surface area (Å²) >= 11 is 0. The van der Waals surface area contributed by atoms with Gasteiger partial charge in [-0.05, 0) is 12.8 Å². The van der Waals surface area contributed by atoms with E-state index < -0.39 is 0 Å². The molecule has 0 aliphatic heterocycles. The van der Waals surface area contributed by atoms with Crippen molar-refractivity contribution in [3.63, 3.8) is 0 Å². The van der Waals surface area contributed by atoms with Gasteiger partial charge in [0.05, 0.1) is 0 Å². The van der Waals surface area contributed by atoms with Crippen LogP contribution in [0.4, 0.5) is 5.82 Å². The molecule has 0 saturated carbocycles. The molecule has 13 heavy (non-hydrogen) atoms. The Labute approximate surface area is 78.6 Å². The highest BCUT2D eigenvalue weighted by Gasteiger charge is 2.01. The van der Waals surface area contributed by atoms with Gasteiger partial charge in [0.2, 0.25) is 0 Å². The SMILES string of the molecule is CCCc1nc(CC)cc(NN)n1. The Kier molecular flexibility index (Phi) is 3.64. The van der Waals surface area contributed by atoms with Crippen LogP contribution in [-0.4, -0.2) is 9.97 Å². The Morgan fingerprint density at radius 1 is 1.38 bits per heavy atom. The summed E-state index contributed by atoms with van der Waals surface area (Å²) in [6.07, 6.45) is 2.87. The van der Waals surface area contributed by atoms with E-state index >= 15 is 0 Å². The predicted octanol–water partition coefficient (Wildman–Crippen LogP) is 1.28. The average molecular weight is 180 g/mol. The summed E-state index contributed by atoms with van der Waals surface area (Å²) in [5.41, 5.74) is 3.58. The van der Waals surface area contributed by atoms with Gasteiger partial charge in [0.25, 0.3) is 0 Å². The predicted molar refractivity (Wildman–Crippen MR) is 53.2 cm³/mol. The third-order valence-electron chi connectivity index (χ3n) is 1.81. The minimum absolute atomic E-state index is 0.704. The highest BCUT2D eigenvalue weighted by molar-refractivity contribution is 5.34. The number of nitrogens with two attached hydrogens (primary N) is 1. The number of rotatable bonds is 4. The minimum Gasteiger partial charge on any atom is -0.308 e. The molecule has 3 N–H and O–H groups in total. The molecule has 0 atom stereocenters. The van der Waals surface area contributed by atoms with Gasteiger partial charge in [-0.25, -0.2) is 15.8 Å². The molecule has 4 heteroatoms. The number of nitrogen functional groups attached to an aromatic ring is 1.